The van der Waals surface area contributed by atoms with Crippen molar-refractivity contribution in [2.24, 2.45) is 0 Å². The molecule has 0 aliphatic rings. The van der Waals surface area contributed by atoms with Gasteiger partial charge >= 0.3 is 0 Å². The summed E-state index contributed by atoms with van der Waals surface area (Å²) in [6.07, 6.45) is 6.56. The van der Waals surface area contributed by atoms with Crippen molar-refractivity contribution in [1.82, 2.24) is 0 Å². The SMILES string of the molecule is C#CCOc1ccc(/C=C(\C#N)C(=O)Nc2ccc(Cl)cc2)cc1Cl. The number of rotatable bonds is 5. The molecule has 6 heteroatoms. The van der Waals surface area contributed by atoms with Crippen LogP contribution in [0.2, 0.25) is 10.0 Å². The van der Waals surface area contributed by atoms with Crippen LogP contribution in [0.1, 0.15) is 5.56 Å². The van der Waals surface area contributed by atoms with Gasteiger partial charge in [-0.15, -0.1) is 6.42 Å². The van der Waals surface area contributed by atoms with Gasteiger partial charge in [-0.1, -0.05) is 35.2 Å². The normalized spacial score (nSPS) is 10.5. The summed E-state index contributed by atoms with van der Waals surface area (Å²) in [7, 11) is 0. The zero-order valence-electron chi connectivity index (χ0n) is 12.9. The number of halogens is 2. The molecule has 0 fully saturated rings. The second-order valence-corrected chi connectivity index (χ2v) is 5.66. The second-order valence-electron chi connectivity index (χ2n) is 4.81. The Hall–Kier alpha value is -2.92. The lowest BCUT2D eigenvalue weighted by atomic mass is 10.1. The highest BCUT2D eigenvalue weighted by molar-refractivity contribution is 6.32. The Labute approximate surface area is 155 Å². The molecule has 2 aromatic carbocycles. The molecule has 1 amide bonds. The maximum absolute atomic E-state index is 12.2. The van der Waals surface area contributed by atoms with E-state index < -0.39 is 5.91 Å². The zero-order chi connectivity index (χ0) is 18.2. The summed E-state index contributed by atoms with van der Waals surface area (Å²) in [5.41, 5.74) is 1.05. The number of terminal acetylenes is 1. The molecule has 1 N–H and O–H groups in total. The lowest BCUT2D eigenvalue weighted by Crippen LogP contribution is -2.13. The fourth-order valence-electron chi connectivity index (χ4n) is 1.89. The van der Waals surface area contributed by atoms with Gasteiger partial charge in [0.1, 0.15) is 24.0 Å². The summed E-state index contributed by atoms with van der Waals surface area (Å²) >= 11 is 11.9. The van der Waals surface area contributed by atoms with Crippen LogP contribution in [0.4, 0.5) is 5.69 Å². The van der Waals surface area contributed by atoms with Gasteiger partial charge in [0.05, 0.1) is 5.02 Å². The maximum Gasteiger partial charge on any atom is 0.266 e. The first-order valence-electron chi connectivity index (χ1n) is 7.08. The first kappa shape index (κ1) is 18.4. The smallest absolute Gasteiger partial charge is 0.266 e. The van der Waals surface area contributed by atoms with Crippen molar-refractivity contribution in [3.63, 3.8) is 0 Å². The third-order valence-electron chi connectivity index (χ3n) is 3.05. The van der Waals surface area contributed by atoms with E-state index in [1.807, 2.05) is 6.07 Å². The Balaban J connectivity index is 2.17. The number of benzene rings is 2. The van der Waals surface area contributed by atoms with E-state index in [1.165, 1.54) is 6.08 Å². The fourth-order valence-corrected chi connectivity index (χ4v) is 2.26. The average molecular weight is 371 g/mol. The van der Waals surface area contributed by atoms with Crippen molar-refractivity contribution >= 4 is 40.9 Å². The van der Waals surface area contributed by atoms with Gasteiger partial charge in [0.2, 0.25) is 0 Å². The molecule has 0 saturated carbocycles. The molecule has 4 nitrogen and oxygen atoms in total. The molecule has 2 rings (SSSR count). The van der Waals surface area contributed by atoms with E-state index in [2.05, 4.69) is 11.2 Å². The minimum Gasteiger partial charge on any atom is -0.479 e. The number of ether oxygens (including phenoxy) is 1. The summed E-state index contributed by atoms with van der Waals surface area (Å²) in [4.78, 5) is 12.2. The van der Waals surface area contributed by atoms with Crippen LogP contribution in [0, 0.1) is 23.7 Å². The predicted molar refractivity (Wildman–Crippen MR) is 99.5 cm³/mol. The van der Waals surface area contributed by atoms with E-state index in [0.717, 1.165) is 0 Å². The fraction of sp³-hybridized carbons (Fsp3) is 0.0526. The van der Waals surface area contributed by atoms with Crippen molar-refractivity contribution in [1.29, 1.82) is 5.26 Å². The molecule has 0 aliphatic carbocycles. The lowest BCUT2D eigenvalue weighted by molar-refractivity contribution is -0.112. The largest absolute Gasteiger partial charge is 0.479 e. The van der Waals surface area contributed by atoms with E-state index in [-0.39, 0.29) is 12.2 Å². The van der Waals surface area contributed by atoms with Crippen LogP contribution in [-0.2, 0) is 4.79 Å². The van der Waals surface area contributed by atoms with Gasteiger partial charge in [-0.25, -0.2) is 0 Å². The highest BCUT2D eigenvalue weighted by Crippen LogP contribution is 2.26. The van der Waals surface area contributed by atoms with E-state index in [9.17, 15) is 10.1 Å². The molecular weight excluding hydrogens is 359 g/mol. The maximum atomic E-state index is 12.2. The molecule has 25 heavy (non-hydrogen) atoms. The second kappa shape index (κ2) is 8.80. The van der Waals surface area contributed by atoms with Gasteiger partial charge in [0, 0.05) is 10.7 Å². The molecule has 0 heterocycles. The predicted octanol–water partition coefficient (Wildman–Crippen LogP) is 4.55. The van der Waals surface area contributed by atoms with Gasteiger partial charge in [0.15, 0.2) is 0 Å². The van der Waals surface area contributed by atoms with Gasteiger partial charge in [-0.05, 0) is 48.0 Å². The van der Waals surface area contributed by atoms with Crippen molar-refractivity contribution < 1.29 is 9.53 Å². The molecule has 0 aromatic heterocycles. The highest BCUT2D eigenvalue weighted by Gasteiger charge is 2.10. The molecule has 0 radical (unpaired) electrons. The third kappa shape index (κ3) is 5.29. The van der Waals surface area contributed by atoms with Crippen LogP contribution in [0.15, 0.2) is 48.0 Å². The highest BCUT2D eigenvalue weighted by atomic mass is 35.5. The number of hydrogen-bond acceptors (Lipinski definition) is 3. The first-order valence-corrected chi connectivity index (χ1v) is 7.83. The molecule has 2 aromatic rings. The van der Waals surface area contributed by atoms with Gasteiger partial charge in [-0.2, -0.15) is 5.26 Å². The Morgan fingerprint density at radius 1 is 1.24 bits per heavy atom. The molecule has 0 bridgehead atoms. The number of nitrogens with zero attached hydrogens (tertiary/aromatic N) is 1. The number of carbonyl (C=O) groups is 1. The average Bonchev–Trinajstić information content (AvgIpc) is 2.60. The number of anilines is 1. The molecule has 0 atom stereocenters. The summed E-state index contributed by atoms with van der Waals surface area (Å²) in [5.74, 6) is 2.24. The van der Waals surface area contributed by atoms with Crippen molar-refractivity contribution in [2.75, 3.05) is 11.9 Å². The molecule has 0 unspecified atom stereocenters. The van der Waals surface area contributed by atoms with Gasteiger partial charge in [-0.3, -0.25) is 4.79 Å². The molecule has 0 aliphatic heterocycles. The van der Waals surface area contributed by atoms with Crippen molar-refractivity contribution in [3.05, 3.63) is 63.6 Å². The minimum absolute atomic E-state index is 0.0664. The van der Waals surface area contributed by atoms with Crippen LogP contribution >= 0.6 is 23.2 Å². The summed E-state index contributed by atoms with van der Waals surface area (Å²) in [5, 5.41) is 12.8. The van der Waals surface area contributed by atoms with Crippen molar-refractivity contribution in [3.8, 4) is 24.2 Å². The minimum atomic E-state index is -0.534. The standard InChI is InChI=1S/C19H12Cl2N2O2/c1-2-9-25-18-8-3-13(11-17(18)21)10-14(12-22)19(24)23-16-6-4-15(20)5-7-16/h1,3-8,10-11H,9H2,(H,23,24)/b14-10+. The topological polar surface area (TPSA) is 62.1 Å². The first-order chi connectivity index (χ1) is 12.0. The molecular formula is C19H12Cl2N2O2. The Morgan fingerprint density at radius 3 is 2.56 bits per heavy atom. The summed E-state index contributed by atoms with van der Waals surface area (Å²) < 4.78 is 5.26. The Morgan fingerprint density at radius 2 is 1.96 bits per heavy atom. The quantitative estimate of drug-likeness (QED) is 0.477. The number of nitriles is 1. The van der Waals surface area contributed by atoms with E-state index >= 15 is 0 Å². The van der Waals surface area contributed by atoms with Crippen LogP contribution in [0.25, 0.3) is 6.08 Å². The summed E-state index contributed by atoms with van der Waals surface area (Å²) in [6, 6.07) is 13.3. The Bertz CT molecular complexity index is 891. The third-order valence-corrected chi connectivity index (χ3v) is 3.59. The molecule has 0 saturated heterocycles. The van der Waals surface area contributed by atoms with Crippen LogP contribution < -0.4 is 10.1 Å². The van der Waals surface area contributed by atoms with E-state index in [4.69, 9.17) is 34.4 Å². The van der Waals surface area contributed by atoms with Crippen LogP contribution in [0.5, 0.6) is 5.75 Å². The lowest BCUT2D eigenvalue weighted by Gasteiger charge is -2.06. The molecule has 0 spiro atoms. The van der Waals surface area contributed by atoms with Crippen LogP contribution in [-0.4, -0.2) is 12.5 Å². The Kier molecular flexibility index (Phi) is 6.48. The molecule has 124 valence electrons. The van der Waals surface area contributed by atoms with E-state index in [0.29, 0.717) is 27.0 Å². The number of hydrogen-bond donors (Lipinski definition) is 1. The monoisotopic (exact) mass is 370 g/mol. The van der Waals surface area contributed by atoms with Crippen molar-refractivity contribution in [2.45, 2.75) is 0 Å². The summed E-state index contributed by atoms with van der Waals surface area (Å²) in [6.45, 7) is 0.0991. The number of carbonyl (C=O) groups excluding carboxylic acids is 1. The zero-order valence-corrected chi connectivity index (χ0v) is 14.4. The van der Waals surface area contributed by atoms with E-state index in [1.54, 1.807) is 42.5 Å². The number of nitrogens with one attached hydrogen (secondary N) is 1. The van der Waals surface area contributed by atoms with Crippen LogP contribution in [0.3, 0.4) is 0 Å². The van der Waals surface area contributed by atoms with Gasteiger partial charge < -0.3 is 10.1 Å². The number of amides is 1. The van der Waals surface area contributed by atoms with Gasteiger partial charge in [0.25, 0.3) is 5.91 Å².